The lowest BCUT2D eigenvalue weighted by atomic mass is 10.1. The van der Waals surface area contributed by atoms with E-state index >= 15 is 0 Å². The number of thioether (sulfide) groups is 1. The molecule has 3 aromatic rings. The Balaban J connectivity index is 1.43. The van der Waals surface area contributed by atoms with Crippen LogP contribution in [0, 0.1) is 7.14 Å². The number of amides is 3. The topological polar surface area (TPSA) is 113 Å². The number of para-hydroxylation sites is 1. The van der Waals surface area contributed by atoms with Crippen LogP contribution in [0.2, 0.25) is 5.02 Å². The summed E-state index contributed by atoms with van der Waals surface area (Å²) in [6.07, 6.45) is 1.61. The number of hydrogen-bond donors (Lipinski definition) is 2. The first kappa shape index (κ1) is 28.4. The van der Waals surface area contributed by atoms with Gasteiger partial charge in [0.05, 0.1) is 28.3 Å². The normalized spacial score (nSPS) is 14.2. The lowest BCUT2D eigenvalue weighted by Crippen LogP contribution is -2.36. The monoisotopic (exact) mass is 774 g/mol. The largest absolute Gasteiger partial charge is 0.487 e. The SMILES string of the molecule is O=C(CN1C(=O)S/C(=C/c2cc(I)c(OCc3ccc(C(=O)O)cc3)c(I)c2)C1=O)Nc1ccccc1Cl. The second kappa shape index (κ2) is 12.5. The number of carboxylic acids is 1. The molecule has 0 aliphatic carbocycles. The van der Waals surface area contributed by atoms with Gasteiger partial charge in [-0.2, -0.15) is 0 Å². The number of anilines is 1. The summed E-state index contributed by atoms with van der Waals surface area (Å²) in [7, 11) is 0. The van der Waals surface area contributed by atoms with Gasteiger partial charge in [0.15, 0.2) is 0 Å². The minimum atomic E-state index is -0.990. The molecule has 0 radical (unpaired) electrons. The van der Waals surface area contributed by atoms with Gasteiger partial charge in [0, 0.05) is 0 Å². The highest BCUT2D eigenvalue weighted by Gasteiger charge is 2.36. The van der Waals surface area contributed by atoms with Gasteiger partial charge < -0.3 is 15.2 Å². The number of carboxylic acid groups (broad SMARTS) is 1. The molecular weight excluding hydrogens is 758 g/mol. The predicted molar refractivity (Wildman–Crippen MR) is 162 cm³/mol. The Labute approximate surface area is 254 Å². The molecule has 0 saturated carbocycles. The Kier molecular flexibility index (Phi) is 9.33. The van der Waals surface area contributed by atoms with Crippen molar-refractivity contribution in [2.24, 2.45) is 0 Å². The van der Waals surface area contributed by atoms with Gasteiger partial charge in [-0.05, 0) is 111 Å². The number of aromatic carboxylic acids is 1. The Bertz CT molecular complexity index is 1460. The number of carbonyl (C=O) groups is 4. The molecule has 0 bridgehead atoms. The summed E-state index contributed by atoms with van der Waals surface area (Å²) >= 11 is 11.1. The maximum Gasteiger partial charge on any atom is 0.335 e. The van der Waals surface area contributed by atoms with E-state index in [2.05, 4.69) is 50.5 Å². The lowest BCUT2D eigenvalue weighted by Gasteiger charge is -2.13. The van der Waals surface area contributed by atoms with E-state index in [1.54, 1.807) is 42.5 Å². The Morgan fingerprint density at radius 2 is 1.71 bits per heavy atom. The van der Waals surface area contributed by atoms with Gasteiger partial charge in [0.2, 0.25) is 5.91 Å². The van der Waals surface area contributed by atoms with Gasteiger partial charge in [-0.15, -0.1) is 0 Å². The molecule has 0 atom stereocenters. The maximum atomic E-state index is 12.9. The zero-order valence-electron chi connectivity index (χ0n) is 19.2. The second-order valence-corrected chi connectivity index (χ2v) is 11.6. The molecule has 1 aliphatic rings. The number of ether oxygens (including phenoxy) is 1. The summed E-state index contributed by atoms with van der Waals surface area (Å²) in [5.74, 6) is -1.43. The van der Waals surface area contributed by atoms with Gasteiger partial charge in [-0.25, -0.2) is 4.79 Å². The summed E-state index contributed by atoms with van der Waals surface area (Å²) in [6.45, 7) is -0.178. The average molecular weight is 775 g/mol. The van der Waals surface area contributed by atoms with Crippen LogP contribution in [0.15, 0.2) is 65.6 Å². The van der Waals surface area contributed by atoms with Crippen molar-refractivity contribution in [1.29, 1.82) is 0 Å². The molecule has 194 valence electrons. The molecule has 1 heterocycles. The Morgan fingerprint density at radius 1 is 1.05 bits per heavy atom. The number of nitrogens with zero attached hydrogens (tertiary/aromatic N) is 1. The molecule has 0 unspecified atom stereocenters. The number of halogens is 3. The highest BCUT2D eigenvalue weighted by molar-refractivity contribution is 14.1. The number of hydrogen-bond acceptors (Lipinski definition) is 6. The van der Waals surface area contributed by atoms with Crippen LogP contribution in [0.1, 0.15) is 21.5 Å². The molecule has 3 amide bonds. The van der Waals surface area contributed by atoms with Crippen LogP contribution < -0.4 is 10.1 Å². The summed E-state index contributed by atoms with van der Waals surface area (Å²) in [5.41, 5.74) is 2.11. The fraction of sp³-hybridized carbons (Fsp3) is 0.0769. The first-order valence-corrected chi connectivity index (χ1v) is 14.2. The van der Waals surface area contributed by atoms with Gasteiger partial charge >= 0.3 is 5.97 Å². The van der Waals surface area contributed by atoms with E-state index < -0.39 is 29.6 Å². The Morgan fingerprint density at radius 3 is 2.34 bits per heavy atom. The van der Waals surface area contributed by atoms with E-state index in [1.807, 2.05) is 12.1 Å². The quantitative estimate of drug-likeness (QED) is 0.199. The Hall–Kier alpha value is -2.62. The molecule has 12 heteroatoms. The molecule has 0 spiro atoms. The van der Waals surface area contributed by atoms with Crippen molar-refractivity contribution in [3.05, 3.63) is 94.4 Å². The third-order valence-corrected chi connectivity index (χ3v) is 8.07. The van der Waals surface area contributed by atoms with Gasteiger partial charge in [-0.1, -0.05) is 35.9 Å². The molecule has 8 nitrogen and oxygen atoms in total. The third kappa shape index (κ3) is 6.87. The highest BCUT2D eigenvalue weighted by Crippen LogP contribution is 2.35. The van der Waals surface area contributed by atoms with Crippen LogP contribution in [0.3, 0.4) is 0 Å². The van der Waals surface area contributed by atoms with Crippen LogP contribution in [-0.2, 0) is 16.2 Å². The van der Waals surface area contributed by atoms with Gasteiger partial charge in [0.25, 0.3) is 11.1 Å². The van der Waals surface area contributed by atoms with Crippen molar-refractivity contribution in [2.45, 2.75) is 6.61 Å². The van der Waals surface area contributed by atoms with E-state index in [1.165, 1.54) is 12.1 Å². The summed E-state index contributed by atoms with van der Waals surface area (Å²) in [4.78, 5) is 49.9. The molecule has 1 saturated heterocycles. The molecule has 1 fully saturated rings. The number of carbonyl (C=O) groups excluding carboxylic acids is 3. The van der Waals surface area contributed by atoms with Crippen molar-refractivity contribution in [3.63, 3.8) is 0 Å². The maximum absolute atomic E-state index is 12.9. The van der Waals surface area contributed by atoms with E-state index in [9.17, 15) is 19.2 Å². The molecular formula is C26H17ClI2N2O6S. The van der Waals surface area contributed by atoms with E-state index in [4.69, 9.17) is 21.4 Å². The molecule has 1 aliphatic heterocycles. The van der Waals surface area contributed by atoms with Gasteiger partial charge in [0.1, 0.15) is 18.9 Å². The first-order chi connectivity index (χ1) is 18.1. The molecule has 2 N–H and O–H groups in total. The van der Waals surface area contributed by atoms with Crippen molar-refractivity contribution in [3.8, 4) is 5.75 Å². The summed E-state index contributed by atoms with van der Waals surface area (Å²) in [6, 6.07) is 16.8. The summed E-state index contributed by atoms with van der Waals surface area (Å²) in [5, 5.41) is 11.5. The molecule has 38 heavy (non-hydrogen) atoms. The fourth-order valence-corrected chi connectivity index (χ4v) is 6.53. The first-order valence-electron chi connectivity index (χ1n) is 10.9. The van der Waals surface area contributed by atoms with Crippen LogP contribution in [0.4, 0.5) is 10.5 Å². The third-order valence-electron chi connectivity index (χ3n) is 5.23. The average Bonchev–Trinajstić information content (AvgIpc) is 3.12. The van der Waals surface area contributed by atoms with Crippen LogP contribution in [-0.4, -0.2) is 39.6 Å². The molecule has 4 rings (SSSR count). The molecule has 3 aromatic carbocycles. The van der Waals surface area contributed by atoms with Crippen LogP contribution in [0.5, 0.6) is 5.75 Å². The van der Waals surface area contributed by atoms with Crippen LogP contribution in [0.25, 0.3) is 6.08 Å². The second-order valence-electron chi connectivity index (χ2n) is 7.90. The van der Waals surface area contributed by atoms with E-state index in [0.717, 1.165) is 29.4 Å². The minimum absolute atomic E-state index is 0.202. The van der Waals surface area contributed by atoms with E-state index in [0.29, 0.717) is 22.0 Å². The number of imide groups is 1. The highest BCUT2D eigenvalue weighted by atomic mass is 127. The zero-order valence-corrected chi connectivity index (χ0v) is 25.1. The van der Waals surface area contributed by atoms with Gasteiger partial charge in [-0.3, -0.25) is 19.3 Å². The predicted octanol–water partition coefficient (Wildman–Crippen LogP) is 6.50. The van der Waals surface area contributed by atoms with Crippen molar-refractivity contribution in [1.82, 2.24) is 4.90 Å². The molecule has 0 aromatic heterocycles. The van der Waals surface area contributed by atoms with E-state index in [-0.39, 0.29) is 17.1 Å². The summed E-state index contributed by atoms with van der Waals surface area (Å²) < 4.78 is 7.55. The zero-order chi connectivity index (χ0) is 27.4. The lowest BCUT2D eigenvalue weighted by molar-refractivity contribution is -0.127. The van der Waals surface area contributed by atoms with Crippen molar-refractivity contribution in [2.75, 3.05) is 11.9 Å². The number of rotatable bonds is 8. The number of nitrogens with one attached hydrogen (secondary N) is 1. The van der Waals surface area contributed by atoms with Crippen LogP contribution >= 0.6 is 68.5 Å². The standard InChI is InChI=1S/C26H17ClI2N2O6S/c27-17-3-1-2-4-20(17)30-22(32)12-31-24(33)21(38-26(31)36)11-15-9-18(28)23(19(29)10-15)37-13-14-5-7-16(8-6-14)25(34)35/h1-11H,12-13H2,(H,30,32)(H,34,35)/b21-11+. The minimum Gasteiger partial charge on any atom is -0.487 e. The number of benzene rings is 3. The van der Waals surface area contributed by atoms with Crippen molar-refractivity contribution >= 4 is 103 Å². The van der Waals surface area contributed by atoms with Crippen molar-refractivity contribution < 1.29 is 29.0 Å². The smallest absolute Gasteiger partial charge is 0.335 e. The fourth-order valence-electron chi connectivity index (χ4n) is 3.38.